The first kappa shape index (κ1) is 26.4. The van der Waals surface area contributed by atoms with E-state index in [9.17, 15) is 9.59 Å². The summed E-state index contributed by atoms with van der Waals surface area (Å²) in [5, 5.41) is 4.99. The smallest absolute Gasteiger partial charge is 0.343 e. The van der Waals surface area contributed by atoms with Crippen LogP contribution in [0, 0.1) is 6.92 Å². The SMILES string of the molecule is CCOc1cc(C=Nn2c(-c3cccc(C)c3)nc3ccccc3c2=O)ccc1OC(=O)c1ccc(OC)cc1. The lowest BCUT2D eigenvalue weighted by Crippen LogP contribution is -2.20. The Morgan fingerprint density at radius 2 is 1.75 bits per heavy atom. The molecule has 8 nitrogen and oxygen atoms in total. The van der Waals surface area contributed by atoms with Crippen molar-refractivity contribution in [3.05, 3.63) is 118 Å². The first-order valence-corrected chi connectivity index (χ1v) is 12.7. The van der Waals surface area contributed by atoms with Gasteiger partial charge in [0.2, 0.25) is 0 Å². The molecule has 5 rings (SSSR count). The Bertz CT molecular complexity index is 1770. The molecule has 40 heavy (non-hydrogen) atoms. The van der Waals surface area contributed by atoms with Gasteiger partial charge in [0.15, 0.2) is 17.3 Å². The van der Waals surface area contributed by atoms with Gasteiger partial charge < -0.3 is 14.2 Å². The molecular weight excluding hydrogens is 506 g/mol. The minimum absolute atomic E-state index is 0.268. The normalized spacial score (nSPS) is 11.1. The zero-order valence-electron chi connectivity index (χ0n) is 22.3. The van der Waals surface area contributed by atoms with Gasteiger partial charge in [-0.1, -0.05) is 35.9 Å². The second-order valence-electron chi connectivity index (χ2n) is 8.94. The van der Waals surface area contributed by atoms with Crippen LogP contribution >= 0.6 is 0 Å². The fraction of sp³-hybridized carbons (Fsp3) is 0.125. The van der Waals surface area contributed by atoms with E-state index in [1.54, 1.807) is 67.9 Å². The molecule has 0 aliphatic heterocycles. The van der Waals surface area contributed by atoms with Gasteiger partial charge in [-0.3, -0.25) is 4.79 Å². The first-order chi connectivity index (χ1) is 19.5. The Balaban J connectivity index is 1.50. The standard InChI is InChI=1S/C32H27N3O5/c1-4-39-29-19-22(12-17-28(29)40-32(37)23-13-15-25(38-3)16-14-23)20-33-35-30(24-9-7-8-21(2)18-24)34-27-11-6-5-10-26(27)31(35)36/h5-20H,4H2,1-3H3. The summed E-state index contributed by atoms with van der Waals surface area (Å²) in [6.07, 6.45) is 1.55. The van der Waals surface area contributed by atoms with Crippen molar-refractivity contribution >= 4 is 23.1 Å². The predicted octanol–water partition coefficient (Wildman–Crippen LogP) is 5.88. The average Bonchev–Trinajstić information content (AvgIpc) is 2.98. The van der Waals surface area contributed by atoms with Gasteiger partial charge >= 0.3 is 5.97 Å². The van der Waals surface area contributed by atoms with E-state index in [0.717, 1.165) is 11.1 Å². The molecule has 8 heteroatoms. The highest BCUT2D eigenvalue weighted by molar-refractivity contribution is 5.92. The van der Waals surface area contributed by atoms with Crippen LogP contribution in [0.25, 0.3) is 22.3 Å². The molecule has 0 aliphatic rings. The van der Waals surface area contributed by atoms with E-state index in [0.29, 0.717) is 46.0 Å². The lowest BCUT2D eigenvalue weighted by atomic mass is 10.1. The summed E-state index contributed by atoms with van der Waals surface area (Å²) in [5.74, 6) is 1.18. The lowest BCUT2D eigenvalue weighted by molar-refractivity contribution is 0.0728. The molecule has 0 saturated carbocycles. The third kappa shape index (κ3) is 5.61. The van der Waals surface area contributed by atoms with Crippen LogP contribution in [-0.4, -0.2) is 35.6 Å². The monoisotopic (exact) mass is 533 g/mol. The second-order valence-corrected chi connectivity index (χ2v) is 8.94. The highest BCUT2D eigenvalue weighted by Crippen LogP contribution is 2.29. The van der Waals surface area contributed by atoms with Crippen molar-refractivity contribution in [2.24, 2.45) is 5.10 Å². The maximum Gasteiger partial charge on any atom is 0.343 e. The first-order valence-electron chi connectivity index (χ1n) is 12.7. The number of esters is 1. The average molecular weight is 534 g/mol. The lowest BCUT2D eigenvalue weighted by Gasteiger charge is -2.12. The molecule has 0 aliphatic carbocycles. The fourth-order valence-corrected chi connectivity index (χ4v) is 4.17. The number of nitrogens with zero attached hydrogens (tertiary/aromatic N) is 3. The van der Waals surface area contributed by atoms with Gasteiger partial charge in [-0.2, -0.15) is 9.78 Å². The summed E-state index contributed by atoms with van der Waals surface area (Å²) in [6.45, 7) is 4.18. The zero-order valence-corrected chi connectivity index (χ0v) is 22.3. The van der Waals surface area contributed by atoms with Crippen LogP contribution < -0.4 is 19.8 Å². The largest absolute Gasteiger partial charge is 0.497 e. The van der Waals surface area contributed by atoms with Crippen molar-refractivity contribution in [1.82, 2.24) is 9.66 Å². The molecule has 0 N–H and O–H groups in total. The van der Waals surface area contributed by atoms with Crippen LogP contribution in [0.2, 0.25) is 0 Å². The van der Waals surface area contributed by atoms with Crippen LogP contribution in [0.1, 0.15) is 28.4 Å². The van der Waals surface area contributed by atoms with Gasteiger partial charge in [0.05, 0.1) is 36.4 Å². The van der Waals surface area contributed by atoms with Crippen molar-refractivity contribution in [2.45, 2.75) is 13.8 Å². The number of fused-ring (bicyclic) bond motifs is 1. The van der Waals surface area contributed by atoms with E-state index in [-0.39, 0.29) is 11.3 Å². The third-order valence-electron chi connectivity index (χ3n) is 6.15. The summed E-state index contributed by atoms with van der Waals surface area (Å²) in [7, 11) is 1.56. The van der Waals surface area contributed by atoms with Gasteiger partial charge in [-0.25, -0.2) is 9.78 Å². The molecule has 1 heterocycles. The highest BCUT2D eigenvalue weighted by Gasteiger charge is 2.15. The summed E-state index contributed by atoms with van der Waals surface area (Å²) < 4.78 is 17.8. The molecule has 200 valence electrons. The number of hydrogen-bond donors (Lipinski definition) is 0. The topological polar surface area (TPSA) is 92.0 Å². The molecular formula is C32H27N3O5. The van der Waals surface area contributed by atoms with E-state index in [4.69, 9.17) is 19.2 Å². The number of carbonyl (C=O) groups excluding carboxylic acids is 1. The number of aromatic nitrogens is 2. The number of ether oxygens (including phenoxy) is 3. The van der Waals surface area contributed by atoms with Gasteiger partial charge in [0.1, 0.15) is 5.75 Å². The van der Waals surface area contributed by atoms with Crippen molar-refractivity contribution in [1.29, 1.82) is 0 Å². The minimum Gasteiger partial charge on any atom is -0.497 e. The quantitative estimate of drug-likeness (QED) is 0.141. The zero-order chi connectivity index (χ0) is 28.1. The Morgan fingerprint density at radius 1 is 0.950 bits per heavy atom. The minimum atomic E-state index is -0.526. The highest BCUT2D eigenvalue weighted by atomic mass is 16.6. The number of aryl methyl sites for hydroxylation is 1. The molecule has 5 aromatic rings. The Hall–Kier alpha value is -5.24. The molecule has 0 radical (unpaired) electrons. The predicted molar refractivity (Wildman–Crippen MR) is 155 cm³/mol. The van der Waals surface area contributed by atoms with Crippen molar-refractivity contribution < 1.29 is 19.0 Å². The Morgan fingerprint density at radius 3 is 2.50 bits per heavy atom. The van der Waals surface area contributed by atoms with Gasteiger partial charge in [0, 0.05) is 5.56 Å². The van der Waals surface area contributed by atoms with E-state index in [1.807, 2.05) is 50.2 Å². The van der Waals surface area contributed by atoms with Crippen LogP contribution in [-0.2, 0) is 0 Å². The fourth-order valence-electron chi connectivity index (χ4n) is 4.17. The van der Waals surface area contributed by atoms with E-state index in [2.05, 4.69) is 5.10 Å². The molecule has 0 bridgehead atoms. The molecule has 1 aromatic heterocycles. The number of para-hydroxylation sites is 1. The van der Waals surface area contributed by atoms with Crippen LogP contribution in [0.3, 0.4) is 0 Å². The molecule has 0 fully saturated rings. The number of carbonyl (C=O) groups is 1. The van der Waals surface area contributed by atoms with Crippen LogP contribution in [0.15, 0.2) is 101 Å². The molecule has 0 saturated heterocycles. The molecule has 0 atom stereocenters. The van der Waals surface area contributed by atoms with E-state index in [1.165, 1.54) is 4.68 Å². The number of hydrogen-bond acceptors (Lipinski definition) is 7. The number of rotatable bonds is 8. The van der Waals surface area contributed by atoms with Crippen molar-refractivity contribution in [3.63, 3.8) is 0 Å². The summed E-state index contributed by atoms with van der Waals surface area (Å²) in [5.41, 5.74) is 3.14. The molecule has 0 amide bonds. The van der Waals surface area contributed by atoms with Gasteiger partial charge in [-0.15, -0.1) is 0 Å². The summed E-state index contributed by atoms with van der Waals surface area (Å²) in [6, 6.07) is 26.6. The summed E-state index contributed by atoms with van der Waals surface area (Å²) in [4.78, 5) is 30.9. The Kier molecular flexibility index (Phi) is 7.68. The molecule has 4 aromatic carbocycles. The van der Waals surface area contributed by atoms with Crippen LogP contribution in [0.5, 0.6) is 17.2 Å². The maximum atomic E-state index is 13.5. The van der Waals surface area contributed by atoms with Gasteiger partial charge in [0.25, 0.3) is 5.56 Å². The molecule has 0 spiro atoms. The number of benzene rings is 4. The van der Waals surface area contributed by atoms with Crippen molar-refractivity contribution in [2.75, 3.05) is 13.7 Å². The van der Waals surface area contributed by atoms with Gasteiger partial charge in [-0.05, 0) is 80.1 Å². The van der Waals surface area contributed by atoms with Crippen molar-refractivity contribution in [3.8, 4) is 28.6 Å². The van der Waals surface area contributed by atoms with E-state index < -0.39 is 5.97 Å². The maximum absolute atomic E-state index is 13.5. The Labute approximate surface area is 231 Å². The van der Waals surface area contributed by atoms with E-state index >= 15 is 0 Å². The second kappa shape index (κ2) is 11.7. The third-order valence-corrected chi connectivity index (χ3v) is 6.15. The number of methoxy groups -OCH3 is 1. The van der Waals surface area contributed by atoms with Crippen LogP contribution in [0.4, 0.5) is 0 Å². The summed E-state index contributed by atoms with van der Waals surface area (Å²) >= 11 is 0. The molecule has 0 unspecified atom stereocenters.